The molecule has 0 aliphatic heterocycles. The number of phenolic OH excluding ortho intramolecular Hbond substituents is 1. The van der Waals surface area contributed by atoms with Crippen molar-refractivity contribution in [2.24, 2.45) is 0 Å². The van der Waals surface area contributed by atoms with E-state index < -0.39 is 24.6 Å². The molecule has 0 bridgehead atoms. The Balaban J connectivity index is 2.96. The van der Waals surface area contributed by atoms with E-state index in [0.29, 0.717) is 0 Å². The van der Waals surface area contributed by atoms with Gasteiger partial charge in [0.25, 0.3) is 0 Å². The Bertz CT molecular complexity index is 258. The second-order valence-corrected chi connectivity index (χ2v) is 2.03. The topological polar surface area (TPSA) is 69.9 Å². The summed E-state index contributed by atoms with van der Waals surface area (Å²) in [7, 11) is -2.15. The minimum atomic E-state index is -2.15. The second kappa shape index (κ2) is 3.42. The highest BCUT2D eigenvalue weighted by molar-refractivity contribution is 6.33. The van der Waals surface area contributed by atoms with Gasteiger partial charge in [-0.15, -0.1) is 0 Å². The summed E-state index contributed by atoms with van der Waals surface area (Å²) < 4.78 is 16.9. The molecule has 1 rings (SSSR count). The van der Waals surface area contributed by atoms with E-state index in [1.165, 1.54) is 12.1 Å². The Kier molecular flexibility index (Phi) is 2.52. The van der Waals surface area contributed by atoms with E-state index in [2.05, 4.69) is 4.65 Å². The minimum absolute atomic E-state index is 0.483. The molecule has 12 heavy (non-hydrogen) atoms. The summed E-state index contributed by atoms with van der Waals surface area (Å²) in [6.07, 6.45) is 0. The summed E-state index contributed by atoms with van der Waals surface area (Å²) in [6, 6.07) is 3.46. The van der Waals surface area contributed by atoms with E-state index in [0.717, 1.165) is 6.07 Å². The standard InChI is InChI=1S/C6H6BFO4/c8-4-2-1-3-5(9)6(4)12-7(10)11/h1-3,9-11H. The number of halogens is 1. The number of para-hydroxylation sites is 1. The van der Waals surface area contributed by atoms with Crippen LogP contribution in [-0.2, 0) is 0 Å². The highest BCUT2D eigenvalue weighted by Crippen LogP contribution is 2.28. The van der Waals surface area contributed by atoms with E-state index in [9.17, 15) is 4.39 Å². The molecule has 0 saturated carbocycles. The van der Waals surface area contributed by atoms with Crippen molar-refractivity contribution in [3.05, 3.63) is 24.0 Å². The number of phenols is 1. The van der Waals surface area contributed by atoms with Crippen molar-refractivity contribution in [2.45, 2.75) is 0 Å². The van der Waals surface area contributed by atoms with Gasteiger partial charge in [-0.3, -0.25) is 0 Å². The quantitative estimate of drug-likeness (QED) is 0.543. The molecule has 3 N–H and O–H groups in total. The van der Waals surface area contributed by atoms with E-state index in [4.69, 9.17) is 15.2 Å². The molecule has 0 aliphatic carbocycles. The molecule has 0 aliphatic rings. The number of aromatic hydroxyl groups is 1. The first-order chi connectivity index (χ1) is 5.61. The van der Waals surface area contributed by atoms with E-state index in [1.807, 2.05) is 0 Å². The highest BCUT2D eigenvalue weighted by atomic mass is 19.1. The van der Waals surface area contributed by atoms with Crippen molar-refractivity contribution in [3.8, 4) is 11.5 Å². The maximum Gasteiger partial charge on any atom is 0.707 e. The number of benzene rings is 1. The molecular weight excluding hydrogens is 166 g/mol. The molecule has 0 heterocycles. The monoisotopic (exact) mass is 172 g/mol. The third kappa shape index (κ3) is 1.87. The Labute approximate surface area is 68.0 Å². The molecule has 0 saturated heterocycles. The lowest BCUT2D eigenvalue weighted by molar-refractivity contribution is 0.274. The van der Waals surface area contributed by atoms with Crippen LogP contribution >= 0.6 is 0 Å². The molecule has 0 aromatic heterocycles. The van der Waals surface area contributed by atoms with Gasteiger partial charge in [0.05, 0.1) is 0 Å². The van der Waals surface area contributed by atoms with Crippen LogP contribution in [0.3, 0.4) is 0 Å². The van der Waals surface area contributed by atoms with Crippen molar-refractivity contribution in [1.29, 1.82) is 0 Å². The summed E-state index contributed by atoms with van der Waals surface area (Å²) in [5.74, 6) is -1.92. The van der Waals surface area contributed by atoms with E-state index >= 15 is 0 Å². The maximum atomic E-state index is 12.7. The molecule has 6 heteroatoms. The molecular formula is C6H6BFO4. The first-order valence-electron chi connectivity index (χ1n) is 3.11. The maximum absolute atomic E-state index is 12.7. The van der Waals surface area contributed by atoms with Crippen LogP contribution in [0.4, 0.5) is 4.39 Å². The van der Waals surface area contributed by atoms with Crippen LogP contribution in [0, 0.1) is 5.82 Å². The van der Waals surface area contributed by atoms with Gasteiger partial charge < -0.3 is 19.8 Å². The fraction of sp³-hybridized carbons (Fsp3) is 0. The largest absolute Gasteiger partial charge is 0.707 e. The fourth-order valence-electron chi connectivity index (χ4n) is 0.720. The third-order valence-corrected chi connectivity index (χ3v) is 1.17. The van der Waals surface area contributed by atoms with Gasteiger partial charge >= 0.3 is 7.32 Å². The van der Waals surface area contributed by atoms with Gasteiger partial charge in [-0.1, -0.05) is 6.07 Å². The van der Waals surface area contributed by atoms with Crippen molar-refractivity contribution < 1.29 is 24.2 Å². The zero-order chi connectivity index (χ0) is 9.14. The average Bonchev–Trinajstić information content (AvgIpc) is 1.97. The van der Waals surface area contributed by atoms with Gasteiger partial charge in [-0.25, -0.2) is 4.39 Å². The fourth-order valence-corrected chi connectivity index (χ4v) is 0.720. The molecule has 4 nitrogen and oxygen atoms in total. The lowest BCUT2D eigenvalue weighted by Crippen LogP contribution is -2.21. The van der Waals surface area contributed by atoms with Gasteiger partial charge in [-0.2, -0.15) is 0 Å². The average molecular weight is 172 g/mol. The second-order valence-electron chi connectivity index (χ2n) is 2.03. The van der Waals surface area contributed by atoms with Gasteiger partial charge in [0.15, 0.2) is 17.3 Å². The van der Waals surface area contributed by atoms with Gasteiger partial charge in [0.1, 0.15) is 0 Å². The SMILES string of the molecule is OB(O)Oc1c(O)cccc1F. The van der Waals surface area contributed by atoms with Gasteiger partial charge in [0, 0.05) is 0 Å². The number of hydrogen-bond acceptors (Lipinski definition) is 4. The normalized spacial score (nSPS) is 9.58. The lowest BCUT2D eigenvalue weighted by atomic mass is 10.2. The van der Waals surface area contributed by atoms with Crippen molar-refractivity contribution in [2.75, 3.05) is 0 Å². The molecule has 0 spiro atoms. The number of hydrogen-bond donors (Lipinski definition) is 3. The summed E-state index contributed by atoms with van der Waals surface area (Å²) in [4.78, 5) is 0. The smallest absolute Gasteiger partial charge is 0.507 e. The lowest BCUT2D eigenvalue weighted by Gasteiger charge is -2.06. The van der Waals surface area contributed by atoms with Crippen LogP contribution in [0.15, 0.2) is 18.2 Å². The van der Waals surface area contributed by atoms with E-state index in [1.54, 1.807) is 0 Å². The third-order valence-electron chi connectivity index (χ3n) is 1.17. The van der Waals surface area contributed by atoms with Crippen LogP contribution in [0.2, 0.25) is 0 Å². The highest BCUT2D eigenvalue weighted by Gasteiger charge is 2.17. The Morgan fingerprint density at radius 1 is 1.33 bits per heavy atom. The van der Waals surface area contributed by atoms with Crippen LogP contribution in [0.25, 0.3) is 0 Å². The van der Waals surface area contributed by atoms with Gasteiger partial charge in [0.2, 0.25) is 0 Å². The van der Waals surface area contributed by atoms with Crippen LogP contribution in [0.1, 0.15) is 0 Å². The van der Waals surface area contributed by atoms with Crippen molar-refractivity contribution in [1.82, 2.24) is 0 Å². The number of rotatable bonds is 2. The summed E-state index contributed by atoms with van der Waals surface area (Å²) in [5.41, 5.74) is 0. The Morgan fingerprint density at radius 2 is 2.00 bits per heavy atom. The zero-order valence-electron chi connectivity index (χ0n) is 5.94. The minimum Gasteiger partial charge on any atom is -0.507 e. The summed E-state index contributed by atoms with van der Waals surface area (Å²) in [6.45, 7) is 0. The summed E-state index contributed by atoms with van der Waals surface area (Å²) in [5, 5.41) is 25.6. The Hall–Kier alpha value is -1.27. The van der Waals surface area contributed by atoms with Crippen LogP contribution in [-0.4, -0.2) is 22.5 Å². The molecule has 0 fully saturated rings. The molecule has 1 aromatic rings. The first-order valence-corrected chi connectivity index (χ1v) is 3.11. The van der Waals surface area contributed by atoms with Crippen molar-refractivity contribution >= 4 is 7.32 Å². The van der Waals surface area contributed by atoms with Crippen LogP contribution in [0.5, 0.6) is 11.5 Å². The molecule has 64 valence electrons. The predicted molar refractivity (Wildman–Crippen MR) is 38.9 cm³/mol. The predicted octanol–water partition coefficient (Wildman–Crippen LogP) is -0.120. The van der Waals surface area contributed by atoms with Gasteiger partial charge in [-0.05, 0) is 12.1 Å². The molecule has 0 radical (unpaired) electrons. The molecule has 0 amide bonds. The van der Waals surface area contributed by atoms with Crippen molar-refractivity contribution in [3.63, 3.8) is 0 Å². The summed E-state index contributed by atoms with van der Waals surface area (Å²) >= 11 is 0. The Morgan fingerprint density at radius 3 is 2.50 bits per heavy atom. The molecule has 0 atom stereocenters. The first kappa shape index (κ1) is 8.83. The zero-order valence-corrected chi connectivity index (χ0v) is 5.94. The van der Waals surface area contributed by atoms with Crippen LogP contribution < -0.4 is 4.65 Å². The molecule has 0 unspecified atom stereocenters. The van der Waals surface area contributed by atoms with E-state index in [-0.39, 0.29) is 0 Å². The molecule has 1 aromatic carbocycles.